The third-order valence-electron chi connectivity index (χ3n) is 5.50. The summed E-state index contributed by atoms with van der Waals surface area (Å²) < 4.78 is 1.55. The second-order valence-electron chi connectivity index (χ2n) is 7.77. The lowest BCUT2D eigenvalue weighted by molar-refractivity contribution is -0.111. The monoisotopic (exact) mass is 485 g/mol. The smallest absolute Gasteiger partial charge is 0.251 e. The Kier molecular flexibility index (Phi) is 5.99. The molecule has 5 rings (SSSR count). The number of halogens is 1. The molecule has 4 heterocycles. The maximum Gasteiger partial charge on any atom is 0.251 e. The van der Waals surface area contributed by atoms with Gasteiger partial charge in [-0.25, -0.2) is 4.98 Å². The molecule has 0 bridgehead atoms. The molecule has 0 spiro atoms. The lowest BCUT2D eigenvalue weighted by Gasteiger charge is -2.07. The van der Waals surface area contributed by atoms with E-state index in [1.54, 1.807) is 47.5 Å². The van der Waals surface area contributed by atoms with Gasteiger partial charge in [0.05, 0.1) is 16.7 Å². The Bertz CT molecular complexity index is 1590. The van der Waals surface area contributed by atoms with E-state index in [4.69, 9.17) is 11.6 Å². The molecular formula is C25H20ClN7O2. The molecule has 0 saturated heterocycles. The number of hydrogen-bond acceptors (Lipinski definition) is 5. The molecule has 9 nitrogen and oxygen atoms in total. The van der Waals surface area contributed by atoms with Crippen molar-refractivity contribution in [3.63, 3.8) is 0 Å². The van der Waals surface area contributed by atoms with Gasteiger partial charge in [0.15, 0.2) is 0 Å². The van der Waals surface area contributed by atoms with Gasteiger partial charge in [-0.1, -0.05) is 24.2 Å². The zero-order chi connectivity index (χ0) is 24.4. The van der Waals surface area contributed by atoms with Crippen molar-refractivity contribution < 1.29 is 9.59 Å². The highest BCUT2D eigenvalue weighted by Gasteiger charge is 2.17. The highest BCUT2D eigenvalue weighted by molar-refractivity contribution is 6.35. The molecule has 4 aromatic heterocycles. The second kappa shape index (κ2) is 9.40. The van der Waals surface area contributed by atoms with Crippen LogP contribution in [0.15, 0.2) is 73.7 Å². The van der Waals surface area contributed by atoms with Gasteiger partial charge in [-0.2, -0.15) is 14.8 Å². The number of amides is 2. The van der Waals surface area contributed by atoms with E-state index in [0.29, 0.717) is 34.9 Å². The summed E-state index contributed by atoms with van der Waals surface area (Å²) in [5, 5.41) is 15.5. The zero-order valence-corrected chi connectivity index (χ0v) is 19.2. The normalized spacial score (nSPS) is 11.0. The number of benzene rings is 1. The van der Waals surface area contributed by atoms with Crippen LogP contribution in [0.4, 0.5) is 5.69 Å². The number of H-pyrrole nitrogens is 1. The first-order valence-electron chi connectivity index (χ1n) is 10.8. The first kappa shape index (κ1) is 22.3. The minimum Gasteiger partial charge on any atom is -0.352 e. The Labute approximate surface area is 204 Å². The lowest BCUT2D eigenvalue weighted by atomic mass is 10.1. The molecule has 1 aromatic carbocycles. The van der Waals surface area contributed by atoms with Crippen LogP contribution in [0.2, 0.25) is 5.02 Å². The van der Waals surface area contributed by atoms with Crippen LogP contribution in [0, 0.1) is 0 Å². The van der Waals surface area contributed by atoms with E-state index in [9.17, 15) is 9.59 Å². The van der Waals surface area contributed by atoms with Crippen molar-refractivity contribution in [2.45, 2.75) is 6.42 Å². The summed E-state index contributed by atoms with van der Waals surface area (Å²) in [6, 6.07) is 12.5. The minimum absolute atomic E-state index is 0.239. The fourth-order valence-corrected chi connectivity index (χ4v) is 4.14. The number of fused-ring (bicyclic) bond motifs is 2. The summed E-state index contributed by atoms with van der Waals surface area (Å²) in [5.74, 6) is -0.577. The van der Waals surface area contributed by atoms with Gasteiger partial charge in [0.2, 0.25) is 5.91 Å². The molecule has 0 aliphatic heterocycles. The van der Waals surface area contributed by atoms with E-state index in [1.807, 2.05) is 18.2 Å². The van der Waals surface area contributed by atoms with Crippen LogP contribution in [-0.4, -0.2) is 43.2 Å². The number of hydrogen-bond donors (Lipinski definition) is 3. The Balaban J connectivity index is 1.33. The molecule has 0 atom stereocenters. The van der Waals surface area contributed by atoms with Gasteiger partial charge in [-0.05, 0) is 42.5 Å². The summed E-state index contributed by atoms with van der Waals surface area (Å²) in [7, 11) is 0. The predicted octanol–water partition coefficient (Wildman–Crippen LogP) is 4.02. The number of carbonyl (C=O) groups is 2. The highest BCUT2D eigenvalue weighted by atomic mass is 35.5. The van der Waals surface area contributed by atoms with E-state index in [1.165, 1.54) is 6.08 Å². The van der Waals surface area contributed by atoms with Crippen LogP contribution < -0.4 is 10.6 Å². The third-order valence-corrected chi connectivity index (χ3v) is 5.79. The number of nitrogens with one attached hydrogen (secondary N) is 3. The average molecular weight is 486 g/mol. The van der Waals surface area contributed by atoms with Crippen LogP contribution in [0.25, 0.3) is 27.7 Å². The molecule has 5 aromatic rings. The Morgan fingerprint density at radius 3 is 2.89 bits per heavy atom. The number of carbonyl (C=O) groups excluding carboxylic acids is 2. The molecule has 0 saturated carbocycles. The van der Waals surface area contributed by atoms with Gasteiger partial charge in [0.1, 0.15) is 5.65 Å². The van der Waals surface area contributed by atoms with Crippen molar-refractivity contribution in [2.24, 2.45) is 0 Å². The lowest BCUT2D eigenvalue weighted by Crippen LogP contribution is -2.25. The molecule has 174 valence electrons. The number of nitrogens with zero attached hydrogens (tertiary/aromatic N) is 4. The van der Waals surface area contributed by atoms with E-state index < -0.39 is 0 Å². The maximum absolute atomic E-state index is 12.6. The minimum atomic E-state index is -0.338. The number of pyridine rings is 1. The summed E-state index contributed by atoms with van der Waals surface area (Å²) >= 11 is 6.55. The van der Waals surface area contributed by atoms with Crippen LogP contribution in [0.3, 0.4) is 0 Å². The second-order valence-corrected chi connectivity index (χ2v) is 8.18. The molecule has 0 aliphatic rings. The van der Waals surface area contributed by atoms with Crippen molar-refractivity contribution in [1.82, 2.24) is 30.1 Å². The van der Waals surface area contributed by atoms with Gasteiger partial charge in [-0.3, -0.25) is 9.59 Å². The van der Waals surface area contributed by atoms with Gasteiger partial charge in [0.25, 0.3) is 5.91 Å². The summed E-state index contributed by atoms with van der Waals surface area (Å²) in [4.78, 5) is 31.8. The van der Waals surface area contributed by atoms with Crippen LogP contribution in [0.5, 0.6) is 0 Å². The number of anilines is 1. The van der Waals surface area contributed by atoms with Gasteiger partial charge in [-0.15, -0.1) is 0 Å². The van der Waals surface area contributed by atoms with E-state index in [2.05, 4.69) is 37.4 Å². The molecule has 0 aliphatic carbocycles. The quantitative estimate of drug-likeness (QED) is 0.301. The van der Waals surface area contributed by atoms with Crippen molar-refractivity contribution in [3.05, 3.63) is 90.0 Å². The standard InChI is InChI=1S/C25H20ClN7O2/c1-2-22(34)31-16-6-3-5-15(11-16)25(35)27-10-8-17-12-18-23(20(26)14-28-24(18)32-17)19-13-30-33-21(19)7-4-9-29-33/h2-7,9,11-14H,1,8,10H2,(H,27,35)(H,28,32)(H,31,34). The fourth-order valence-electron chi connectivity index (χ4n) is 3.88. The van der Waals surface area contributed by atoms with Gasteiger partial charge >= 0.3 is 0 Å². The number of rotatable bonds is 7. The SMILES string of the molecule is C=CC(=O)Nc1cccc(C(=O)NCCc2cc3c(-c4cnn5ncccc45)c(Cl)cnc3[nH]2)c1. The van der Waals surface area contributed by atoms with Crippen LogP contribution in [0.1, 0.15) is 16.1 Å². The van der Waals surface area contributed by atoms with E-state index >= 15 is 0 Å². The fraction of sp³-hybridized carbons (Fsp3) is 0.0800. The van der Waals surface area contributed by atoms with Gasteiger partial charge < -0.3 is 15.6 Å². The summed E-state index contributed by atoms with van der Waals surface area (Å²) in [5.41, 5.74) is 5.08. The summed E-state index contributed by atoms with van der Waals surface area (Å²) in [6.07, 6.45) is 6.75. The zero-order valence-electron chi connectivity index (χ0n) is 18.5. The Hall–Kier alpha value is -4.50. The molecule has 0 fully saturated rings. The van der Waals surface area contributed by atoms with Crippen molar-refractivity contribution in [1.29, 1.82) is 0 Å². The summed E-state index contributed by atoms with van der Waals surface area (Å²) in [6.45, 7) is 3.83. The number of aromatic nitrogens is 5. The van der Waals surface area contributed by atoms with E-state index in [0.717, 1.165) is 27.7 Å². The van der Waals surface area contributed by atoms with Gasteiger partial charge in [0, 0.05) is 58.8 Å². The third kappa shape index (κ3) is 4.49. The molecule has 2 amide bonds. The predicted molar refractivity (Wildman–Crippen MR) is 134 cm³/mol. The average Bonchev–Trinajstić information content (AvgIpc) is 3.48. The molecular weight excluding hydrogens is 466 g/mol. The molecule has 10 heteroatoms. The molecule has 0 unspecified atom stereocenters. The largest absolute Gasteiger partial charge is 0.352 e. The Morgan fingerprint density at radius 2 is 2.03 bits per heavy atom. The first-order chi connectivity index (χ1) is 17.0. The van der Waals surface area contributed by atoms with Crippen molar-refractivity contribution >= 4 is 45.7 Å². The number of aromatic amines is 1. The first-order valence-corrected chi connectivity index (χ1v) is 11.2. The van der Waals surface area contributed by atoms with Crippen LogP contribution >= 0.6 is 11.6 Å². The molecule has 35 heavy (non-hydrogen) atoms. The molecule has 3 N–H and O–H groups in total. The van der Waals surface area contributed by atoms with Crippen molar-refractivity contribution in [3.8, 4) is 11.1 Å². The Morgan fingerprint density at radius 1 is 1.14 bits per heavy atom. The highest BCUT2D eigenvalue weighted by Crippen LogP contribution is 2.36. The van der Waals surface area contributed by atoms with Crippen LogP contribution in [-0.2, 0) is 11.2 Å². The molecule has 0 radical (unpaired) electrons. The van der Waals surface area contributed by atoms with Crippen molar-refractivity contribution in [2.75, 3.05) is 11.9 Å². The maximum atomic E-state index is 12.6. The van der Waals surface area contributed by atoms with E-state index in [-0.39, 0.29) is 11.8 Å². The topological polar surface area (TPSA) is 117 Å².